The maximum Gasteiger partial charge on any atom is 0.323 e. The SMILES string of the molecule is CC(=O)c1ccc(NC(=O)Nc2ccc3ncccc3c2)cc1. The van der Waals surface area contributed by atoms with Gasteiger partial charge in [0.25, 0.3) is 0 Å². The number of amides is 2. The molecule has 23 heavy (non-hydrogen) atoms. The third-order valence-electron chi connectivity index (χ3n) is 3.41. The second-order valence-electron chi connectivity index (χ2n) is 5.12. The fraction of sp³-hybridized carbons (Fsp3) is 0.0556. The van der Waals surface area contributed by atoms with Crippen LogP contribution in [0.5, 0.6) is 0 Å². The van der Waals surface area contributed by atoms with Crippen LogP contribution < -0.4 is 10.6 Å². The van der Waals surface area contributed by atoms with E-state index in [1.165, 1.54) is 6.92 Å². The quantitative estimate of drug-likeness (QED) is 0.716. The number of benzene rings is 2. The van der Waals surface area contributed by atoms with Gasteiger partial charge in [-0.05, 0) is 55.5 Å². The highest BCUT2D eigenvalue weighted by Gasteiger charge is 2.05. The van der Waals surface area contributed by atoms with Gasteiger partial charge in [0, 0.05) is 28.5 Å². The summed E-state index contributed by atoms with van der Waals surface area (Å²) in [5.74, 6) is -0.00854. The monoisotopic (exact) mass is 305 g/mol. The van der Waals surface area contributed by atoms with Crippen molar-refractivity contribution in [2.45, 2.75) is 6.92 Å². The zero-order valence-corrected chi connectivity index (χ0v) is 12.5. The van der Waals surface area contributed by atoms with Crippen molar-refractivity contribution in [3.8, 4) is 0 Å². The molecular weight excluding hydrogens is 290 g/mol. The van der Waals surface area contributed by atoms with Gasteiger partial charge in [0.15, 0.2) is 5.78 Å². The van der Waals surface area contributed by atoms with E-state index in [0.717, 1.165) is 10.9 Å². The van der Waals surface area contributed by atoms with Crippen LogP contribution in [0.3, 0.4) is 0 Å². The first-order valence-corrected chi connectivity index (χ1v) is 7.15. The van der Waals surface area contributed by atoms with Crippen LogP contribution in [0.1, 0.15) is 17.3 Å². The standard InChI is InChI=1S/C18H15N3O2/c1-12(22)13-4-6-15(7-5-13)20-18(23)21-16-8-9-17-14(11-16)3-2-10-19-17/h2-11H,1H3,(H2,20,21,23). The normalized spacial score (nSPS) is 10.3. The number of nitrogens with one attached hydrogen (secondary N) is 2. The molecule has 0 bridgehead atoms. The summed E-state index contributed by atoms with van der Waals surface area (Å²) < 4.78 is 0. The number of Topliss-reactive ketones (excluding diaryl/α,β-unsaturated/α-hetero) is 1. The summed E-state index contributed by atoms with van der Waals surface area (Å²) in [6.45, 7) is 1.50. The predicted octanol–water partition coefficient (Wildman–Crippen LogP) is 4.08. The Bertz CT molecular complexity index is 873. The number of hydrogen-bond acceptors (Lipinski definition) is 3. The van der Waals surface area contributed by atoms with Gasteiger partial charge in [-0.2, -0.15) is 0 Å². The van der Waals surface area contributed by atoms with Gasteiger partial charge in [-0.25, -0.2) is 4.79 Å². The Morgan fingerprint density at radius 2 is 1.61 bits per heavy atom. The number of pyridine rings is 1. The topological polar surface area (TPSA) is 71.1 Å². The Hall–Kier alpha value is -3.21. The molecule has 0 unspecified atom stereocenters. The van der Waals surface area contributed by atoms with Crippen LogP contribution in [-0.4, -0.2) is 16.8 Å². The molecule has 0 aliphatic rings. The zero-order valence-electron chi connectivity index (χ0n) is 12.5. The van der Waals surface area contributed by atoms with E-state index in [-0.39, 0.29) is 11.8 Å². The molecule has 0 fully saturated rings. The van der Waals surface area contributed by atoms with Crippen molar-refractivity contribution in [3.63, 3.8) is 0 Å². The minimum Gasteiger partial charge on any atom is -0.308 e. The Morgan fingerprint density at radius 3 is 2.35 bits per heavy atom. The minimum absolute atomic E-state index is 0.00854. The summed E-state index contributed by atoms with van der Waals surface area (Å²) in [7, 11) is 0. The number of ketones is 1. The van der Waals surface area contributed by atoms with Crippen LogP contribution in [0.2, 0.25) is 0 Å². The molecule has 0 saturated heterocycles. The first-order chi connectivity index (χ1) is 11.1. The highest BCUT2D eigenvalue weighted by atomic mass is 16.2. The lowest BCUT2D eigenvalue weighted by Crippen LogP contribution is -2.19. The molecule has 0 saturated carbocycles. The van der Waals surface area contributed by atoms with E-state index >= 15 is 0 Å². The molecule has 2 N–H and O–H groups in total. The lowest BCUT2D eigenvalue weighted by molar-refractivity contribution is 0.101. The van der Waals surface area contributed by atoms with Crippen molar-refractivity contribution in [2.24, 2.45) is 0 Å². The molecule has 1 aromatic heterocycles. The number of urea groups is 1. The summed E-state index contributed by atoms with van der Waals surface area (Å²) in [4.78, 5) is 27.5. The molecule has 3 rings (SSSR count). The van der Waals surface area contributed by atoms with E-state index in [2.05, 4.69) is 15.6 Å². The van der Waals surface area contributed by atoms with Crippen molar-refractivity contribution < 1.29 is 9.59 Å². The third-order valence-corrected chi connectivity index (χ3v) is 3.41. The Kier molecular flexibility index (Phi) is 4.01. The molecule has 114 valence electrons. The highest BCUT2D eigenvalue weighted by molar-refractivity contribution is 6.01. The number of nitrogens with zero attached hydrogens (tertiary/aromatic N) is 1. The van der Waals surface area contributed by atoms with Gasteiger partial charge >= 0.3 is 6.03 Å². The van der Waals surface area contributed by atoms with E-state index in [4.69, 9.17) is 0 Å². The number of carbonyl (C=O) groups is 2. The predicted molar refractivity (Wildman–Crippen MR) is 90.8 cm³/mol. The van der Waals surface area contributed by atoms with Gasteiger partial charge in [-0.3, -0.25) is 9.78 Å². The lowest BCUT2D eigenvalue weighted by atomic mass is 10.1. The summed E-state index contributed by atoms with van der Waals surface area (Å²) in [5, 5.41) is 6.46. The first kappa shape index (κ1) is 14.7. The van der Waals surface area contributed by atoms with E-state index in [1.54, 1.807) is 36.5 Å². The van der Waals surface area contributed by atoms with Crippen LogP contribution >= 0.6 is 0 Å². The van der Waals surface area contributed by atoms with Gasteiger partial charge in [-0.1, -0.05) is 6.07 Å². The summed E-state index contributed by atoms with van der Waals surface area (Å²) in [6, 6.07) is 15.7. The second kappa shape index (κ2) is 6.27. The van der Waals surface area contributed by atoms with Crippen molar-refractivity contribution in [3.05, 3.63) is 66.4 Å². The fourth-order valence-electron chi connectivity index (χ4n) is 2.24. The zero-order chi connectivity index (χ0) is 16.2. The molecule has 5 heteroatoms. The van der Waals surface area contributed by atoms with Crippen LogP contribution in [0.4, 0.5) is 16.2 Å². The number of carbonyl (C=O) groups excluding carboxylic acids is 2. The molecule has 5 nitrogen and oxygen atoms in total. The molecule has 0 radical (unpaired) electrons. The third kappa shape index (κ3) is 3.52. The Labute approximate surface area is 133 Å². The lowest BCUT2D eigenvalue weighted by Gasteiger charge is -2.08. The smallest absolute Gasteiger partial charge is 0.308 e. The highest BCUT2D eigenvalue weighted by Crippen LogP contribution is 2.17. The van der Waals surface area contributed by atoms with E-state index in [1.807, 2.05) is 24.3 Å². The maximum atomic E-state index is 12.0. The van der Waals surface area contributed by atoms with Crippen molar-refractivity contribution in [1.29, 1.82) is 0 Å². The fourth-order valence-corrected chi connectivity index (χ4v) is 2.24. The number of hydrogen-bond donors (Lipinski definition) is 2. The second-order valence-corrected chi connectivity index (χ2v) is 5.12. The average Bonchev–Trinajstić information content (AvgIpc) is 2.55. The molecule has 1 heterocycles. The van der Waals surface area contributed by atoms with Gasteiger partial charge in [0.05, 0.1) is 5.52 Å². The molecular formula is C18H15N3O2. The molecule has 0 atom stereocenters. The molecule has 3 aromatic rings. The van der Waals surface area contributed by atoms with Gasteiger partial charge in [0.2, 0.25) is 0 Å². The molecule has 2 amide bonds. The van der Waals surface area contributed by atoms with Crippen molar-refractivity contribution >= 4 is 34.1 Å². The summed E-state index contributed by atoms with van der Waals surface area (Å²) in [5.41, 5.74) is 2.79. The van der Waals surface area contributed by atoms with E-state index < -0.39 is 0 Å². The Morgan fingerprint density at radius 1 is 0.913 bits per heavy atom. The Balaban J connectivity index is 1.69. The van der Waals surface area contributed by atoms with Crippen LogP contribution in [-0.2, 0) is 0 Å². The van der Waals surface area contributed by atoms with Gasteiger partial charge in [-0.15, -0.1) is 0 Å². The van der Waals surface area contributed by atoms with Crippen LogP contribution in [0, 0.1) is 0 Å². The summed E-state index contributed by atoms with van der Waals surface area (Å²) >= 11 is 0. The van der Waals surface area contributed by atoms with Gasteiger partial charge < -0.3 is 10.6 Å². The van der Waals surface area contributed by atoms with Crippen LogP contribution in [0.25, 0.3) is 10.9 Å². The molecule has 0 aliphatic carbocycles. The number of anilines is 2. The number of fused-ring (bicyclic) bond motifs is 1. The average molecular weight is 305 g/mol. The van der Waals surface area contributed by atoms with Crippen molar-refractivity contribution in [2.75, 3.05) is 10.6 Å². The van der Waals surface area contributed by atoms with Crippen molar-refractivity contribution in [1.82, 2.24) is 4.98 Å². The molecule has 2 aromatic carbocycles. The number of aromatic nitrogens is 1. The van der Waals surface area contributed by atoms with Crippen LogP contribution in [0.15, 0.2) is 60.8 Å². The molecule has 0 aliphatic heterocycles. The summed E-state index contributed by atoms with van der Waals surface area (Å²) in [6.07, 6.45) is 1.73. The maximum absolute atomic E-state index is 12.0. The molecule has 0 spiro atoms. The largest absolute Gasteiger partial charge is 0.323 e. The van der Waals surface area contributed by atoms with E-state index in [9.17, 15) is 9.59 Å². The van der Waals surface area contributed by atoms with Gasteiger partial charge in [0.1, 0.15) is 0 Å². The minimum atomic E-state index is -0.344. The number of rotatable bonds is 3. The first-order valence-electron chi connectivity index (χ1n) is 7.15. The van der Waals surface area contributed by atoms with E-state index in [0.29, 0.717) is 16.9 Å².